The molecule has 30 heavy (non-hydrogen) atoms. The summed E-state index contributed by atoms with van der Waals surface area (Å²) in [7, 11) is 1.61. The minimum Gasteiger partial charge on any atom is -0.366 e. The zero-order valence-electron chi connectivity index (χ0n) is 16.4. The van der Waals surface area contributed by atoms with Crippen LogP contribution in [0.15, 0.2) is 28.2 Å². The topological polar surface area (TPSA) is 150 Å². The Morgan fingerprint density at radius 3 is 2.30 bits per heavy atom. The summed E-state index contributed by atoms with van der Waals surface area (Å²) in [6.07, 6.45) is 0. The molecule has 3 amide bonds. The summed E-state index contributed by atoms with van der Waals surface area (Å²) in [5, 5.41) is 3.60. The Hall–Kier alpha value is -3.18. The molecule has 0 aliphatic rings. The molecule has 0 spiro atoms. The van der Waals surface area contributed by atoms with Crippen LogP contribution >= 0.6 is 23.1 Å². The number of nitrogens with zero attached hydrogens (tertiary/aromatic N) is 2. The van der Waals surface area contributed by atoms with E-state index in [9.17, 15) is 19.2 Å². The van der Waals surface area contributed by atoms with Gasteiger partial charge >= 0.3 is 0 Å². The minimum atomic E-state index is -0.753. The van der Waals surface area contributed by atoms with Crippen molar-refractivity contribution < 1.29 is 14.4 Å². The maximum Gasteiger partial charge on any atom is 0.262 e. The van der Waals surface area contributed by atoms with Gasteiger partial charge in [0.25, 0.3) is 5.56 Å². The van der Waals surface area contributed by atoms with E-state index in [1.54, 1.807) is 7.05 Å². The monoisotopic (exact) mass is 445 g/mol. The van der Waals surface area contributed by atoms with E-state index in [0.29, 0.717) is 15.4 Å². The first-order chi connectivity index (χ1) is 14.1. The van der Waals surface area contributed by atoms with Gasteiger partial charge in [0.2, 0.25) is 17.7 Å². The molecule has 0 saturated carbocycles. The van der Waals surface area contributed by atoms with Crippen LogP contribution in [0, 0.1) is 13.8 Å². The molecule has 0 aliphatic heterocycles. The molecule has 0 radical (unpaired) electrons. The number of aryl methyl sites for hydroxylation is 2. The SMILES string of the molecule is Cc1sc2nc(SCC(=O)Nc3cc(C(N)=O)cc(C(N)=O)c3)n(C)c(=O)c2c1C. The predicted octanol–water partition coefficient (Wildman–Crippen LogP) is 1.54. The van der Waals surface area contributed by atoms with Gasteiger partial charge in [0.15, 0.2) is 5.16 Å². The fourth-order valence-electron chi connectivity index (χ4n) is 2.80. The number of nitrogens with two attached hydrogens (primary N) is 2. The largest absolute Gasteiger partial charge is 0.366 e. The molecule has 3 aromatic rings. The molecule has 11 heteroatoms. The Balaban J connectivity index is 1.80. The van der Waals surface area contributed by atoms with E-state index < -0.39 is 17.7 Å². The van der Waals surface area contributed by atoms with E-state index in [1.807, 2.05) is 13.8 Å². The lowest BCUT2D eigenvalue weighted by Crippen LogP contribution is -2.21. The lowest BCUT2D eigenvalue weighted by molar-refractivity contribution is -0.113. The van der Waals surface area contributed by atoms with Crippen LogP contribution in [0.4, 0.5) is 5.69 Å². The number of hydrogen-bond donors (Lipinski definition) is 3. The molecule has 0 bridgehead atoms. The van der Waals surface area contributed by atoms with Crippen molar-refractivity contribution in [1.82, 2.24) is 9.55 Å². The molecule has 0 aliphatic carbocycles. The number of thiophene rings is 1. The number of fused-ring (bicyclic) bond motifs is 1. The quantitative estimate of drug-likeness (QED) is 0.387. The van der Waals surface area contributed by atoms with Gasteiger partial charge in [0, 0.05) is 28.7 Å². The van der Waals surface area contributed by atoms with Crippen molar-refractivity contribution in [3.63, 3.8) is 0 Å². The number of carbonyl (C=O) groups excluding carboxylic acids is 3. The molecular weight excluding hydrogens is 426 g/mol. The van der Waals surface area contributed by atoms with Crippen LogP contribution in [0.25, 0.3) is 10.2 Å². The molecule has 2 heterocycles. The van der Waals surface area contributed by atoms with Gasteiger partial charge in [-0.3, -0.25) is 23.7 Å². The molecule has 156 valence electrons. The van der Waals surface area contributed by atoms with Gasteiger partial charge in [-0.25, -0.2) is 4.98 Å². The Morgan fingerprint density at radius 2 is 1.73 bits per heavy atom. The third kappa shape index (κ3) is 4.21. The summed E-state index contributed by atoms with van der Waals surface area (Å²) in [6, 6.07) is 3.97. The van der Waals surface area contributed by atoms with E-state index >= 15 is 0 Å². The van der Waals surface area contributed by atoms with Crippen LogP contribution in [-0.2, 0) is 11.8 Å². The zero-order chi connectivity index (χ0) is 22.2. The number of amides is 3. The summed E-state index contributed by atoms with van der Waals surface area (Å²) in [4.78, 5) is 54.1. The van der Waals surface area contributed by atoms with Gasteiger partial charge in [-0.05, 0) is 37.6 Å². The first kappa shape index (κ1) is 21.5. The highest BCUT2D eigenvalue weighted by Gasteiger charge is 2.16. The first-order valence-electron chi connectivity index (χ1n) is 8.72. The zero-order valence-corrected chi connectivity index (χ0v) is 18.1. The smallest absolute Gasteiger partial charge is 0.262 e. The van der Waals surface area contributed by atoms with Crippen molar-refractivity contribution in [2.75, 3.05) is 11.1 Å². The van der Waals surface area contributed by atoms with Crippen LogP contribution in [0.2, 0.25) is 0 Å². The van der Waals surface area contributed by atoms with Crippen LogP contribution in [0.5, 0.6) is 0 Å². The van der Waals surface area contributed by atoms with Gasteiger partial charge in [0.05, 0.1) is 11.1 Å². The van der Waals surface area contributed by atoms with Gasteiger partial charge in [-0.2, -0.15) is 0 Å². The van der Waals surface area contributed by atoms with E-state index in [-0.39, 0.29) is 28.1 Å². The molecule has 0 unspecified atom stereocenters. The normalized spacial score (nSPS) is 10.9. The molecule has 0 fully saturated rings. The van der Waals surface area contributed by atoms with Crippen LogP contribution in [0.3, 0.4) is 0 Å². The maximum absolute atomic E-state index is 12.6. The number of nitrogens with one attached hydrogen (secondary N) is 1. The van der Waals surface area contributed by atoms with Crippen molar-refractivity contribution in [1.29, 1.82) is 0 Å². The highest BCUT2D eigenvalue weighted by molar-refractivity contribution is 7.99. The van der Waals surface area contributed by atoms with Crippen LogP contribution < -0.4 is 22.3 Å². The third-order valence-electron chi connectivity index (χ3n) is 4.49. The second-order valence-electron chi connectivity index (χ2n) is 6.59. The molecular formula is C19H19N5O4S2. The Morgan fingerprint density at radius 1 is 1.13 bits per heavy atom. The molecule has 5 N–H and O–H groups in total. The summed E-state index contributed by atoms with van der Waals surface area (Å²) in [5.41, 5.74) is 11.6. The van der Waals surface area contributed by atoms with E-state index in [2.05, 4.69) is 10.3 Å². The van der Waals surface area contributed by atoms with E-state index in [1.165, 1.54) is 34.1 Å². The van der Waals surface area contributed by atoms with Gasteiger partial charge in [-0.15, -0.1) is 11.3 Å². The number of benzene rings is 1. The average molecular weight is 446 g/mol. The highest BCUT2D eigenvalue weighted by Crippen LogP contribution is 2.28. The summed E-state index contributed by atoms with van der Waals surface area (Å²) in [5.74, 6) is -1.96. The fourth-order valence-corrected chi connectivity index (χ4v) is 4.64. The fraction of sp³-hybridized carbons (Fsp3) is 0.211. The number of anilines is 1. The average Bonchev–Trinajstić information content (AvgIpc) is 2.97. The van der Waals surface area contributed by atoms with Crippen molar-refractivity contribution in [2.24, 2.45) is 18.5 Å². The molecule has 9 nitrogen and oxygen atoms in total. The van der Waals surface area contributed by atoms with Crippen molar-refractivity contribution in [2.45, 2.75) is 19.0 Å². The number of primary amides is 2. The molecule has 1 aromatic carbocycles. The highest BCUT2D eigenvalue weighted by atomic mass is 32.2. The van der Waals surface area contributed by atoms with Gasteiger partial charge in [0.1, 0.15) is 4.83 Å². The molecule has 0 atom stereocenters. The van der Waals surface area contributed by atoms with Crippen LogP contribution in [-0.4, -0.2) is 33.0 Å². The third-order valence-corrected chi connectivity index (χ3v) is 6.62. The van der Waals surface area contributed by atoms with Crippen molar-refractivity contribution in [3.05, 3.63) is 50.1 Å². The standard InChI is InChI=1S/C19H19N5O4S2/c1-8-9(2)30-17-14(8)18(28)24(3)19(23-17)29-7-13(25)22-12-5-10(15(20)26)4-11(6-12)16(21)27/h4-6H,7H2,1-3H3,(H2,20,26)(H2,21,27)(H,22,25). The number of thioether (sulfide) groups is 1. The summed E-state index contributed by atoms with van der Waals surface area (Å²) >= 11 is 2.54. The second kappa shape index (κ2) is 8.28. The minimum absolute atomic E-state index is 0.0399. The predicted molar refractivity (Wildman–Crippen MR) is 117 cm³/mol. The van der Waals surface area contributed by atoms with E-state index in [4.69, 9.17) is 11.5 Å². The summed E-state index contributed by atoms with van der Waals surface area (Å²) in [6.45, 7) is 3.82. The van der Waals surface area contributed by atoms with Crippen LogP contribution in [0.1, 0.15) is 31.2 Å². The number of aromatic nitrogens is 2. The first-order valence-corrected chi connectivity index (χ1v) is 10.5. The maximum atomic E-state index is 12.6. The number of rotatable bonds is 6. The van der Waals surface area contributed by atoms with Gasteiger partial charge < -0.3 is 16.8 Å². The second-order valence-corrected chi connectivity index (χ2v) is 8.73. The number of hydrogen-bond acceptors (Lipinski definition) is 7. The van der Waals surface area contributed by atoms with Crippen molar-refractivity contribution in [3.8, 4) is 0 Å². The van der Waals surface area contributed by atoms with Gasteiger partial charge in [-0.1, -0.05) is 11.8 Å². The van der Waals surface area contributed by atoms with Crippen molar-refractivity contribution >= 4 is 56.7 Å². The molecule has 2 aromatic heterocycles. The lowest BCUT2D eigenvalue weighted by atomic mass is 10.1. The van der Waals surface area contributed by atoms with E-state index in [0.717, 1.165) is 22.2 Å². The lowest BCUT2D eigenvalue weighted by Gasteiger charge is -2.10. The Kier molecular flexibility index (Phi) is 5.94. The number of carbonyl (C=O) groups is 3. The molecule has 0 saturated heterocycles. The Labute approximate surface area is 179 Å². The Bertz CT molecular complexity index is 1230. The molecule has 3 rings (SSSR count). The summed E-state index contributed by atoms with van der Waals surface area (Å²) < 4.78 is 1.42.